The van der Waals surface area contributed by atoms with Crippen molar-refractivity contribution in [1.82, 2.24) is 0 Å². The van der Waals surface area contributed by atoms with Crippen LogP contribution in [-0.2, 0) is 20.4 Å². The lowest BCUT2D eigenvalue weighted by atomic mass is 9.78. The first-order valence-corrected chi connectivity index (χ1v) is 7.41. The summed E-state index contributed by atoms with van der Waals surface area (Å²) >= 11 is 0. The highest BCUT2D eigenvalue weighted by atomic mass is 19.4. The van der Waals surface area contributed by atoms with E-state index in [9.17, 15) is 23.2 Å². The third-order valence-corrected chi connectivity index (χ3v) is 4.04. The van der Waals surface area contributed by atoms with Gasteiger partial charge in [0.1, 0.15) is 17.7 Å². The molecule has 0 aromatic heterocycles. The van der Waals surface area contributed by atoms with Gasteiger partial charge in [0.05, 0.1) is 17.1 Å². The van der Waals surface area contributed by atoms with Crippen LogP contribution in [0.2, 0.25) is 0 Å². The number of Topliss-reactive ketones (excluding diaryl/α,β-unsaturated/α-hetero) is 1. The molecule has 1 aromatic rings. The van der Waals surface area contributed by atoms with Gasteiger partial charge in [-0.3, -0.25) is 4.79 Å². The van der Waals surface area contributed by atoms with E-state index in [2.05, 4.69) is 0 Å². The number of hydrogen-bond donors (Lipinski definition) is 1. The van der Waals surface area contributed by atoms with Crippen LogP contribution in [0.25, 0.3) is 0 Å². The van der Waals surface area contributed by atoms with Crippen molar-refractivity contribution in [3.8, 4) is 6.07 Å². The first-order valence-electron chi connectivity index (χ1n) is 7.41. The Balaban J connectivity index is 2.26. The smallest absolute Gasteiger partial charge is 0.416 e. The summed E-state index contributed by atoms with van der Waals surface area (Å²) in [6.45, 7) is 1.63. The molecule has 2 aliphatic rings. The van der Waals surface area contributed by atoms with Gasteiger partial charge in [-0.15, -0.1) is 0 Å². The summed E-state index contributed by atoms with van der Waals surface area (Å²) in [7, 11) is 0. The van der Waals surface area contributed by atoms with Gasteiger partial charge in [-0.25, -0.2) is 0 Å². The number of carbonyl (C=O) groups excluding carboxylic acids is 1. The van der Waals surface area contributed by atoms with Crippen molar-refractivity contribution in [1.29, 1.82) is 5.26 Å². The molecule has 0 saturated carbocycles. The average molecular weight is 350 g/mol. The minimum atomic E-state index is -4.66. The summed E-state index contributed by atoms with van der Waals surface area (Å²) in [5.41, 5.74) is 4.16. The standard InChI is InChI=1S/C17H13F3N2O3/c1-8-6-12(23)14-13(10(7-21)15(22)25-16(14)24-8)9-4-2-3-5-11(9)17(18,19)20/h2-5,8,13H,6,22H2,1H3/t8-,13+/m1/s1. The number of ketones is 1. The zero-order valence-electron chi connectivity index (χ0n) is 13.1. The van der Waals surface area contributed by atoms with Gasteiger partial charge in [-0.1, -0.05) is 18.2 Å². The highest BCUT2D eigenvalue weighted by Gasteiger charge is 2.44. The molecular formula is C17H13F3N2O3. The van der Waals surface area contributed by atoms with Crippen molar-refractivity contribution < 1.29 is 27.4 Å². The maximum absolute atomic E-state index is 13.4. The van der Waals surface area contributed by atoms with Crippen molar-refractivity contribution in [3.05, 3.63) is 58.4 Å². The van der Waals surface area contributed by atoms with Crippen molar-refractivity contribution in [3.63, 3.8) is 0 Å². The number of benzene rings is 1. The van der Waals surface area contributed by atoms with Gasteiger partial charge >= 0.3 is 6.18 Å². The monoisotopic (exact) mass is 350 g/mol. The number of hydrogen-bond acceptors (Lipinski definition) is 5. The molecule has 0 bridgehead atoms. The minimum Gasteiger partial charge on any atom is -0.461 e. The summed E-state index contributed by atoms with van der Waals surface area (Å²) < 4.78 is 50.9. The highest BCUT2D eigenvalue weighted by molar-refractivity contribution is 5.99. The van der Waals surface area contributed by atoms with Crippen molar-refractivity contribution in [2.24, 2.45) is 5.73 Å². The normalized spacial score (nSPS) is 23.6. The molecule has 130 valence electrons. The molecule has 2 heterocycles. The summed E-state index contributed by atoms with van der Waals surface area (Å²) in [6.07, 6.45) is -5.18. The quantitative estimate of drug-likeness (QED) is 0.841. The van der Waals surface area contributed by atoms with Crippen LogP contribution in [0.3, 0.4) is 0 Å². The van der Waals surface area contributed by atoms with E-state index >= 15 is 0 Å². The van der Waals surface area contributed by atoms with E-state index in [-0.39, 0.29) is 35.0 Å². The number of carbonyl (C=O) groups is 1. The fourth-order valence-electron chi connectivity index (χ4n) is 3.01. The fourth-order valence-corrected chi connectivity index (χ4v) is 3.01. The predicted molar refractivity (Wildman–Crippen MR) is 79.3 cm³/mol. The molecule has 2 atom stereocenters. The second kappa shape index (κ2) is 5.84. The van der Waals surface area contributed by atoms with Crippen molar-refractivity contribution in [2.45, 2.75) is 31.5 Å². The van der Waals surface area contributed by atoms with Crippen LogP contribution in [0.1, 0.15) is 30.4 Å². The predicted octanol–water partition coefficient (Wildman–Crippen LogP) is 3.10. The number of alkyl halides is 3. The number of rotatable bonds is 1. The van der Waals surface area contributed by atoms with Gasteiger partial charge in [0, 0.05) is 6.42 Å². The van der Waals surface area contributed by atoms with E-state index < -0.39 is 29.5 Å². The van der Waals surface area contributed by atoms with Gasteiger partial charge in [-0.2, -0.15) is 18.4 Å². The first-order chi connectivity index (χ1) is 11.7. The van der Waals surface area contributed by atoms with Crippen LogP contribution in [0, 0.1) is 11.3 Å². The Morgan fingerprint density at radius 1 is 1.32 bits per heavy atom. The Morgan fingerprint density at radius 2 is 2.00 bits per heavy atom. The fraction of sp³-hybridized carbons (Fsp3) is 0.294. The van der Waals surface area contributed by atoms with E-state index in [1.54, 1.807) is 13.0 Å². The van der Waals surface area contributed by atoms with Crippen LogP contribution < -0.4 is 5.73 Å². The SMILES string of the molecule is C[C@@H]1CC(=O)C2=C(OC(N)=C(C#N)[C@@H]2c2ccccc2C(F)(F)F)O1. The third kappa shape index (κ3) is 2.82. The average Bonchev–Trinajstić information content (AvgIpc) is 2.52. The maximum atomic E-state index is 13.4. The molecule has 0 spiro atoms. The van der Waals surface area contributed by atoms with E-state index in [4.69, 9.17) is 15.2 Å². The minimum absolute atomic E-state index is 0.0223. The Morgan fingerprint density at radius 3 is 2.64 bits per heavy atom. The molecule has 1 aromatic carbocycles. The molecule has 0 radical (unpaired) electrons. The van der Waals surface area contributed by atoms with E-state index in [0.717, 1.165) is 6.07 Å². The molecule has 8 heteroatoms. The Hall–Kier alpha value is -2.95. The molecule has 0 aliphatic carbocycles. The van der Waals surface area contributed by atoms with Gasteiger partial charge in [0.2, 0.25) is 5.88 Å². The topological polar surface area (TPSA) is 85.3 Å². The maximum Gasteiger partial charge on any atom is 0.416 e. The van der Waals surface area contributed by atoms with Gasteiger partial charge in [-0.05, 0) is 18.6 Å². The molecule has 0 saturated heterocycles. The summed E-state index contributed by atoms with van der Waals surface area (Å²) in [5, 5.41) is 9.39. The van der Waals surface area contributed by atoms with E-state index in [1.807, 2.05) is 0 Å². The van der Waals surface area contributed by atoms with Crippen LogP contribution >= 0.6 is 0 Å². The Bertz CT molecular complexity index is 849. The van der Waals surface area contributed by atoms with Crippen molar-refractivity contribution in [2.75, 3.05) is 0 Å². The number of halogens is 3. The molecule has 25 heavy (non-hydrogen) atoms. The van der Waals surface area contributed by atoms with Crippen LogP contribution in [0.15, 0.2) is 47.2 Å². The van der Waals surface area contributed by atoms with E-state index in [0.29, 0.717) is 0 Å². The summed E-state index contributed by atoms with van der Waals surface area (Å²) in [5.74, 6) is -2.32. The zero-order chi connectivity index (χ0) is 18.4. The van der Waals surface area contributed by atoms with Crippen LogP contribution in [-0.4, -0.2) is 11.9 Å². The van der Waals surface area contributed by atoms with Gasteiger partial charge < -0.3 is 15.2 Å². The number of nitriles is 1. The number of nitrogens with zero attached hydrogens (tertiary/aromatic N) is 1. The number of allylic oxidation sites excluding steroid dienone is 2. The second-order valence-corrected chi connectivity index (χ2v) is 5.77. The molecule has 0 unspecified atom stereocenters. The van der Waals surface area contributed by atoms with Gasteiger partial charge in [0.15, 0.2) is 5.78 Å². The summed E-state index contributed by atoms with van der Waals surface area (Å²) in [6, 6.07) is 6.53. The van der Waals surface area contributed by atoms with Crippen molar-refractivity contribution >= 4 is 5.78 Å². The largest absolute Gasteiger partial charge is 0.461 e. The lowest BCUT2D eigenvalue weighted by molar-refractivity contribution is -0.138. The van der Waals surface area contributed by atoms with E-state index in [1.165, 1.54) is 18.2 Å². The lowest BCUT2D eigenvalue weighted by Crippen LogP contribution is -2.33. The molecule has 0 fully saturated rings. The summed E-state index contributed by atoms with van der Waals surface area (Å²) in [4.78, 5) is 12.5. The number of ether oxygens (including phenoxy) is 2. The molecular weight excluding hydrogens is 337 g/mol. The third-order valence-electron chi connectivity index (χ3n) is 4.04. The number of nitrogens with two attached hydrogens (primary N) is 1. The molecule has 2 N–H and O–H groups in total. The molecule has 5 nitrogen and oxygen atoms in total. The second-order valence-electron chi connectivity index (χ2n) is 5.77. The Labute approximate surface area is 141 Å². The van der Waals surface area contributed by atoms with Crippen LogP contribution in [0.4, 0.5) is 13.2 Å². The Kier molecular flexibility index (Phi) is 3.95. The molecule has 3 rings (SSSR count). The van der Waals surface area contributed by atoms with Gasteiger partial charge in [0.25, 0.3) is 5.95 Å². The zero-order valence-corrected chi connectivity index (χ0v) is 13.1. The molecule has 0 amide bonds. The first kappa shape index (κ1) is 16.9. The lowest BCUT2D eigenvalue weighted by Gasteiger charge is -2.33. The highest BCUT2D eigenvalue weighted by Crippen LogP contribution is 2.46. The molecule has 2 aliphatic heterocycles. The van der Waals surface area contributed by atoms with Crippen LogP contribution in [0.5, 0.6) is 0 Å².